The van der Waals surface area contributed by atoms with Gasteiger partial charge in [0.05, 0.1) is 5.56 Å². The smallest absolute Gasteiger partial charge is 0.265 e. The van der Waals surface area contributed by atoms with Crippen molar-refractivity contribution in [1.29, 1.82) is 0 Å². The van der Waals surface area contributed by atoms with Gasteiger partial charge in [-0.1, -0.05) is 24.3 Å². The highest BCUT2D eigenvalue weighted by atomic mass is 19.1. The molecule has 2 fully saturated rings. The van der Waals surface area contributed by atoms with Crippen molar-refractivity contribution in [2.45, 2.75) is 38.4 Å². The Hall–Kier alpha value is -2.77. The Balaban J connectivity index is 1.25. The largest absolute Gasteiger partial charge is 0.334 e. The van der Waals surface area contributed by atoms with Gasteiger partial charge in [0.25, 0.3) is 11.8 Å². The van der Waals surface area contributed by atoms with Crippen molar-refractivity contribution in [3.63, 3.8) is 0 Å². The van der Waals surface area contributed by atoms with Crippen LogP contribution in [0.4, 0.5) is 4.39 Å². The first-order valence-corrected chi connectivity index (χ1v) is 11.0. The molecule has 0 radical (unpaired) electrons. The molecule has 6 nitrogen and oxygen atoms in total. The summed E-state index contributed by atoms with van der Waals surface area (Å²) in [5.74, 6) is -0.113. The zero-order chi connectivity index (χ0) is 21.4. The average Bonchev–Trinajstić information content (AvgIpc) is 3.56. The molecular formula is C24H27FN4O2. The summed E-state index contributed by atoms with van der Waals surface area (Å²) in [6, 6.07) is 12.3. The molecule has 0 aromatic heterocycles. The molecule has 0 spiro atoms. The minimum Gasteiger partial charge on any atom is -0.334 e. The van der Waals surface area contributed by atoms with Crippen LogP contribution in [0.15, 0.2) is 42.5 Å². The number of nitrogens with one attached hydrogen (secondary N) is 2. The number of fused-ring (bicyclic) bond motifs is 1. The Morgan fingerprint density at radius 2 is 1.97 bits per heavy atom. The zero-order valence-electron chi connectivity index (χ0n) is 17.4. The van der Waals surface area contributed by atoms with Gasteiger partial charge in [0, 0.05) is 37.8 Å². The monoisotopic (exact) mass is 422 g/mol. The number of nitrogens with zero attached hydrogens (tertiary/aromatic N) is 2. The first-order valence-electron chi connectivity index (χ1n) is 11.0. The second-order valence-corrected chi connectivity index (χ2v) is 8.81. The summed E-state index contributed by atoms with van der Waals surface area (Å²) < 4.78 is 14.5. The van der Waals surface area contributed by atoms with Gasteiger partial charge >= 0.3 is 0 Å². The lowest BCUT2D eigenvalue weighted by molar-refractivity contribution is 0.0458. The number of hydrogen-bond donors (Lipinski definition) is 2. The summed E-state index contributed by atoms with van der Waals surface area (Å²) >= 11 is 0. The Labute approximate surface area is 181 Å². The number of carbonyl (C=O) groups is 2. The maximum absolute atomic E-state index is 14.5. The first kappa shape index (κ1) is 20.2. The third kappa shape index (κ3) is 4.34. The molecule has 1 aliphatic carbocycles. The van der Waals surface area contributed by atoms with E-state index in [4.69, 9.17) is 0 Å². The molecule has 5 rings (SSSR count). The fourth-order valence-corrected chi connectivity index (χ4v) is 4.33. The van der Waals surface area contributed by atoms with E-state index in [1.54, 1.807) is 28.1 Å². The van der Waals surface area contributed by atoms with Crippen LogP contribution in [-0.2, 0) is 13.1 Å². The molecular weight excluding hydrogens is 395 g/mol. The fraction of sp³-hybridized carbons (Fsp3) is 0.417. The second-order valence-electron chi connectivity index (χ2n) is 8.81. The maximum atomic E-state index is 14.5. The molecule has 31 heavy (non-hydrogen) atoms. The maximum Gasteiger partial charge on any atom is 0.265 e. The number of hydrogen-bond acceptors (Lipinski definition) is 4. The molecule has 2 heterocycles. The van der Waals surface area contributed by atoms with Crippen molar-refractivity contribution < 1.29 is 14.0 Å². The topological polar surface area (TPSA) is 64.7 Å². The summed E-state index contributed by atoms with van der Waals surface area (Å²) in [5.41, 5.74) is 5.39. The lowest BCUT2D eigenvalue weighted by Crippen LogP contribution is -2.55. The second kappa shape index (κ2) is 8.40. The molecule has 7 heteroatoms. The Morgan fingerprint density at radius 3 is 2.74 bits per heavy atom. The molecule has 1 atom stereocenters. The van der Waals surface area contributed by atoms with E-state index >= 15 is 0 Å². The number of rotatable bonds is 7. The van der Waals surface area contributed by atoms with Crippen LogP contribution in [0.1, 0.15) is 51.1 Å². The predicted molar refractivity (Wildman–Crippen MR) is 115 cm³/mol. The number of carbonyl (C=O) groups excluding carboxylic acids is 2. The van der Waals surface area contributed by atoms with Gasteiger partial charge in [-0.3, -0.25) is 15.0 Å². The zero-order valence-corrected chi connectivity index (χ0v) is 17.4. The molecule has 1 saturated heterocycles. The van der Waals surface area contributed by atoms with Crippen molar-refractivity contribution in [2.24, 2.45) is 5.92 Å². The van der Waals surface area contributed by atoms with Crippen molar-refractivity contribution in [3.05, 3.63) is 70.5 Å². The van der Waals surface area contributed by atoms with Gasteiger partial charge in [-0.15, -0.1) is 0 Å². The van der Waals surface area contributed by atoms with Crippen molar-refractivity contribution in [1.82, 2.24) is 20.7 Å². The SMILES string of the molecule is O=C1NN(Cc2ccc(F)c(C(=O)N3CCC3CNCC3CC3)c2)Cc2ccccc21. The van der Waals surface area contributed by atoms with Crippen LogP contribution in [0.25, 0.3) is 0 Å². The third-order valence-corrected chi connectivity index (χ3v) is 6.43. The molecule has 1 saturated carbocycles. The lowest BCUT2D eigenvalue weighted by atomic mass is 9.99. The van der Waals surface area contributed by atoms with Gasteiger partial charge in [0.15, 0.2) is 0 Å². The number of amides is 2. The van der Waals surface area contributed by atoms with Crippen LogP contribution in [-0.4, -0.2) is 47.4 Å². The van der Waals surface area contributed by atoms with Gasteiger partial charge in [0.1, 0.15) is 5.82 Å². The Kier molecular flexibility index (Phi) is 5.46. The molecule has 2 aromatic rings. The van der Waals surface area contributed by atoms with Gasteiger partial charge in [-0.05, 0) is 61.1 Å². The number of benzene rings is 2. The highest BCUT2D eigenvalue weighted by Gasteiger charge is 2.34. The Bertz CT molecular complexity index is 1010. The highest BCUT2D eigenvalue weighted by Crippen LogP contribution is 2.28. The van der Waals surface area contributed by atoms with Crippen LogP contribution < -0.4 is 10.7 Å². The number of likely N-dealkylation sites (tertiary alicyclic amines) is 1. The van der Waals surface area contributed by atoms with Crippen molar-refractivity contribution in [3.8, 4) is 0 Å². The lowest BCUT2D eigenvalue weighted by Gasteiger charge is -2.41. The van der Waals surface area contributed by atoms with E-state index in [0.717, 1.165) is 36.6 Å². The minimum absolute atomic E-state index is 0.105. The average molecular weight is 423 g/mol. The summed E-state index contributed by atoms with van der Waals surface area (Å²) in [6.45, 7) is 3.39. The van der Waals surface area contributed by atoms with Crippen LogP contribution >= 0.6 is 0 Å². The molecule has 2 amide bonds. The molecule has 0 bridgehead atoms. The Morgan fingerprint density at radius 1 is 1.13 bits per heavy atom. The molecule has 162 valence electrons. The molecule has 2 aromatic carbocycles. The van der Waals surface area contributed by atoms with E-state index < -0.39 is 5.82 Å². The number of hydrazine groups is 1. The van der Waals surface area contributed by atoms with Gasteiger partial charge in [-0.2, -0.15) is 0 Å². The van der Waals surface area contributed by atoms with E-state index in [2.05, 4.69) is 10.7 Å². The first-order chi connectivity index (χ1) is 15.1. The van der Waals surface area contributed by atoms with Crippen LogP contribution in [0.5, 0.6) is 0 Å². The van der Waals surface area contributed by atoms with E-state index in [0.29, 0.717) is 25.2 Å². The quantitative estimate of drug-likeness (QED) is 0.720. The van der Waals surface area contributed by atoms with Gasteiger partial charge in [0.2, 0.25) is 0 Å². The molecule has 1 unspecified atom stereocenters. The van der Waals surface area contributed by atoms with E-state index in [-0.39, 0.29) is 23.4 Å². The van der Waals surface area contributed by atoms with Crippen LogP contribution in [0, 0.1) is 11.7 Å². The predicted octanol–water partition coefficient (Wildman–Crippen LogP) is 2.70. The highest BCUT2D eigenvalue weighted by molar-refractivity contribution is 5.96. The van der Waals surface area contributed by atoms with Crippen molar-refractivity contribution in [2.75, 3.05) is 19.6 Å². The molecule has 2 N–H and O–H groups in total. The summed E-state index contributed by atoms with van der Waals surface area (Å²) in [6.07, 6.45) is 3.53. The molecule has 3 aliphatic rings. The molecule has 2 aliphatic heterocycles. The van der Waals surface area contributed by atoms with Crippen LogP contribution in [0.3, 0.4) is 0 Å². The van der Waals surface area contributed by atoms with Crippen LogP contribution in [0.2, 0.25) is 0 Å². The standard InChI is InChI=1S/C24H27FN4O2/c25-22-8-7-17(14-28-15-18-3-1-2-4-20(18)23(30)27-28)11-21(22)24(31)29-10-9-19(29)13-26-12-16-5-6-16/h1-4,7-8,11,16,19,26H,5-6,9-10,12-15H2,(H,27,30). The number of halogens is 1. The van der Waals surface area contributed by atoms with Gasteiger partial charge < -0.3 is 10.2 Å². The summed E-state index contributed by atoms with van der Waals surface area (Å²) in [4.78, 5) is 27.1. The van der Waals surface area contributed by atoms with Gasteiger partial charge in [-0.25, -0.2) is 9.40 Å². The van der Waals surface area contributed by atoms with E-state index in [1.165, 1.54) is 18.9 Å². The summed E-state index contributed by atoms with van der Waals surface area (Å²) in [7, 11) is 0. The fourth-order valence-electron chi connectivity index (χ4n) is 4.33. The van der Waals surface area contributed by atoms with E-state index in [9.17, 15) is 14.0 Å². The van der Waals surface area contributed by atoms with Crippen molar-refractivity contribution >= 4 is 11.8 Å². The normalized spacial score (nSPS) is 20.7. The van der Waals surface area contributed by atoms with E-state index in [1.807, 2.05) is 18.2 Å². The summed E-state index contributed by atoms with van der Waals surface area (Å²) in [5, 5.41) is 5.24. The third-order valence-electron chi connectivity index (χ3n) is 6.43. The minimum atomic E-state index is -0.502.